The Morgan fingerprint density at radius 3 is 2.60 bits per heavy atom. The first-order chi connectivity index (χ1) is 14.4. The number of carbonyl (C=O) groups excluding carboxylic acids is 2. The number of carbonyl (C=O) groups is 2. The topological polar surface area (TPSA) is 71.8 Å². The lowest BCUT2D eigenvalue weighted by atomic mass is 9.44. The summed E-state index contributed by atoms with van der Waals surface area (Å²) in [7, 11) is 0. The lowest BCUT2D eigenvalue weighted by Crippen LogP contribution is -2.84. The molecule has 2 N–H and O–H groups in total. The van der Waals surface area contributed by atoms with E-state index in [-0.39, 0.29) is 40.3 Å². The third-order valence-electron chi connectivity index (χ3n) is 5.84. The van der Waals surface area contributed by atoms with Crippen molar-refractivity contribution in [2.45, 2.75) is 30.3 Å². The van der Waals surface area contributed by atoms with E-state index in [2.05, 4.69) is 10.6 Å². The van der Waals surface area contributed by atoms with Gasteiger partial charge in [0.05, 0.1) is 10.6 Å². The van der Waals surface area contributed by atoms with Crippen LogP contribution in [0.1, 0.15) is 29.6 Å². The van der Waals surface area contributed by atoms with Crippen LogP contribution in [0.25, 0.3) is 5.52 Å². The van der Waals surface area contributed by atoms with Gasteiger partial charge in [0, 0.05) is 35.1 Å². The molecular formula is C22H19ClFN3O3. The molecule has 0 spiro atoms. The number of hydrogen-bond donors (Lipinski definition) is 2. The second-order valence-corrected chi connectivity index (χ2v) is 8.63. The van der Waals surface area contributed by atoms with E-state index in [0.29, 0.717) is 24.8 Å². The van der Waals surface area contributed by atoms with E-state index in [4.69, 9.17) is 16.3 Å². The Hall–Kier alpha value is -3.06. The van der Waals surface area contributed by atoms with Crippen LogP contribution >= 0.6 is 11.6 Å². The molecule has 3 aliphatic rings. The van der Waals surface area contributed by atoms with E-state index in [9.17, 15) is 14.0 Å². The van der Waals surface area contributed by atoms with Crippen LogP contribution in [0.5, 0.6) is 5.75 Å². The molecule has 0 aliphatic heterocycles. The number of rotatable bonds is 6. The van der Waals surface area contributed by atoms with Gasteiger partial charge >= 0.3 is 0 Å². The monoisotopic (exact) mass is 427 g/mol. The second kappa shape index (κ2) is 6.74. The maximum atomic E-state index is 13.4. The van der Waals surface area contributed by atoms with Gasteiger partial charge in [-0.15, -0.1) is 0 Å². The molecule has 0 radical (unpaired) electrons. The number of amides is 2. The zero-order valence-corrected chi connectivity index (χ0v) is 16.7. The number of nitrogens with zero attached hydrogens (tertiary/aromatic N) is 1. The van der Waals surface area contributed by atoms with Crippen molar-refractivity contribution < 1.29 is 18.7 Å². The summed E-state index contributed by atoms with van der Waals surface area (Å²) in [6.45, 7) is -0.209. The number of fused-ring (bicyclic) bond motifs is 1. The highest BCUT2D eigenvalue weighted by Gasteiger charge is 2.69. The number of benzene rings is 1. The molecule has 3 aromatic rings. The summed E-state index contributed by atoms with van der Waals surface area (Å²) in [5.41, 5.74) is 1.04. The van der Waals surface area contributed by atoms with Crippen LogP contribution in [-0.2, 0) is 4.79 Å². The number of pyridine rings is 1. The van der Waals surface area contributed by atoms with Crippen molar-refractivity contribution in [2.24, 2.45) is 0 Å². The van der Waals surface area contributed by atoms with Gasteiger partial charge in [-0.25, -0.2) is 4.39 Å². The molecule has 0 unspecified atom stereocenters. The van der Waals surface area contributed by atoms with Crippen molar-refractivity contribution >= 4 is 28.9 Å². The maximum Gasteiger partial charge on any atom is 0.258 e. The lowest BCUT2D eigenvalue weighted by Gasteiger charge is -2.70. The summed E-state index contributed by atoms with van der Waals surface area (Å²) >= 11 is 5.63. The number of nitrogens with one attached hydrogen (secondary N) is 2. The van der Waals surface area contributed by atoms with Gasteiger partial charge in [0.15, 0.2) is 6.61 Å². The molecule has 30 heavy (non-hydrogen) atoms. The van der Waals surface area contributed by atoms with Gasteiger partial charge in [-0.1, -0.05) is 17.7 Å². The Labute approximate surface area is 177 Å². The molecule has 2 bridgehead atoms. The predicted molar refractivity (Wildman–Crippen MR) is 109 cm³/mol. The van der Waals surface area contributed by atoms with Crippen LogP contribution in [0.15, 0.2) is 54.9 Å². The standard InChI is InChI=1S/C22H19ClFN3O3/c23-17-5-4-16(8-18(17)24)30-10-19(28)25-21-11-22(12-21,13-21)26-20(29)14-7-15-3-1-2-6-27(15)9-14/h1-9H,10-13H2,(H,25,28)(H,26,29). The molecule has 6 nitrogen and oxygen atoms in total. The van der Waals surface area contributed by atoms with Gasteiger partial charge in [-0.2, -0.15) is 0 Å². The minimum absolute atomic E-state index is 0.00135. The van der Waals surface area contributed by atoms with E-state index in [1.165, 1.54) is 12.1 Å². The third-order valence-corrected chi connectivity index (χ3v) is 6.15. The van der Waals surface area contributed by atoms with Crippen molar-refractivity contribution in [3.8, 4) is 5.75 Å². The molecule has 1 aromatic carbocycles. The van der Waals surface area contributed by atoms with Crippen molar-refractivity contribution in [2.75, 3.05) is 6.61 Å². The molecule has 0 saturated heterocycles. The van der Waals surface area contributed by atoms with Crippen molar-refractivity contribution in [1.29, 1.82) is 0 Å². The van der Waals surface area contributed by atoms with Crippen LogP contribution in [0.2, 0.25) is 5.02 Å². The van der Waals surface area contributed by atoms with Crippen molar-refractivity contribution in [3.63, 3.8) is 0 Å². The summed E-state index contributed by atoms with van der Waals surface area (Å²) in [6, 6.07) is 11.7. The molecule has 3 aliphatic carbocycles. The SMILES string of the molecule is O=C(COc1ccc(Cl)c(F)c1)NC12CC(NC(=O)c3cc4ccccn4c3)(C1)C2. The van der Waals surface area contributed by atoms with E-state index >= 15 is 0 Å². The molecule has 2 amide bonds. The van der Waals surface area contributed by atoms with E-state index < -0.39 is 5.82 Å². The average Bonchev–Trinajstić information content (AvgIpc) is 3.10. The average molecular weight is 428 g/mol. The fraction of sp³-hybridized carbons (Fsp3) is 0.273. The molecule has 6 rings (SSSR count). The first-order valence-electron chi connectivity index (χ1n) is 9.64. The molecule has 3 saturated carbocycles. The Morgan fingerprint density at radius 2 is 1.87 bits per heavy atom. The highest BCUT2D eigenvalue weighted by molar-refractivity contribution is 6.30. The highest BCUT2D eigenvalue weighted by Crippen LogP contribution is 2.60. The number of ether oxygens (including phenoxy) is 1. The smallest absolute Gasteiger partial charge is 0.258 e. The van der Waals surface area contributed by atoms with Crippen LogP contribution < -0.4 is 15.4 Å². The van der Waals surface area contributed by atoms with Gasteiger partial charge in [0.1, 0.15) is 11.6 Å². The minimum Gasteiger partial charge on any atom is -0.484 e. The molecular weight excluding hydrogens is 409 g/mol. The molecule has 154 valence electrons. The number of aromatic nitrogens is 1. The van der Waals surface area contributed by atoms with E-state index in [1.54, 1.807) is 0 Å². The van der Waals surface area contributed by atoms with Gasteiger partial charge in [-0.05, 0) is 49.6 Å². The molecule has 3 fully saturated rings. The van der Waals surface area contributed by atoms with Crippen molar-refractivity contribution in [3.05, 3.63) is 71.3 Å². The Morgan fingerprint density at radius 1 is 1.10 bits per heavy atom. The van der Waals surface area contributed by atoms with Crippen molar-refractivity contribution in [1.82, 2.24) is 15.0 Å². The third kappa shape index (κ3) is 3.29. The lowest BCUT2D eigenvalue weighted by molar-refractivity contribution is -0.141. The highest BCUT2D eigenvalue weighted by atomic mass is 35.5. The van der Waals surface area contributed by atoms with E-state index in [0.717, 1.165) is 11.6 Å². The summed E-state index contributed by atoms with van der Waals surface area (Å²) in [4.78, 5) is 24.8. The van der Waals surface area contributed by atoms with Gasteiger partial charge in [-0.3, -0.25) is 9.59 Å². The summed E-state index contributed by atoms with van der Waals surface area (Å²) < 4.78 is 20.7. The molecule has 0 atom stereocenters. The van der Waals surface area contributed by atoms with Crippen LogP contribution in [0.4, 0.5) is 4.39 Å². The summed E-state index contributed by atoms with van der Waals surface area (Å²) in [6.07, 6.45) is 5.80. The maximum absolute atomic E-state index is 13.4. The van der Waals surface area contributed by atoms with Crippen LogP contribution in [0.3, 0.4) is 0 Å². The Bertz CT molecular complexity index is 1120. The van der Waals surface area contributed by atoms with Gasteiger partial charge < -0.3 is 19.8 Å². The van der Waals surface area contributed by atoms with E-state index in [1.807, 2.05) is 41.1 Å². The van der Waals surface area contributed by atoms with Gasteiger partial charge in [0.2, 0.25) is 0 Å². The second-order valence-electron chi connectivity index (χ2n) is 8.22. The summed E-state index contributed by atoms with van der Waals surface area (Å²) in [5, 5.41) is 6.09. The fourth-order valence-corrected chi connectivity index (χ4v) is 4.71. The fourth-order valence-electron chi connectivity index (χ4n) is 4.59. The summed E-state index contributed by atoms with van der Waals surface area (Å²) in [5.74, 6) is -0.730. The Balaban J connectivity index is 1.12. The van der Waals surface area contributed by atoms with Crippen LogP contribution in [-0.4, -0.2) is 33.9 Å². The molecule has 2 aromatic heterocycles. The first-order valence-corrected chi connectivity index (χ1v) is 10.0. The van der Waals surface area contributed by atoms with Crippen LogP contribution in [0, 0.1) is 5.82 Å². The minimum atomic E-state index is -0.595. The molecule has 2 heterocycles. The normalized spacial score (nSPS) is 23.9. The van der Waals surface area contributed by atoms with Gasteiger partial charge in [0.25, 0.3) is 11.8 Å². The Kier molecular flexibility index (Phi) is 4.25. The molecule has 8 heteroatoms. The zero-order valence-electron chi connectivity index (χ0n) is 16.0. The number of halogens is 2. The zero-order chi connectivity index (χ0) is 20.9. The number of hydrogen-bond acceptors (Lipinski definition) is 3. The predicted octanol–water partition coefficient (Wildman–Crippen LogP) is 3.33. The first kappa shape index (κ1) is 18.9. The largest absolute Gasteiger partial charge is 0.484 e. The quantitative estimate of drug-likeness (QED) is 0.634.